The second-order valence-electron chi connectivity index (χ2n) is 9.50. The van der Waals surface area contributed by atoms with Gasteiger partial charge in [-0.1, -0.05) is 5.57 Å². The summed E-state index contributed by atoms with van der Waals surface area (Å²) in [5.74, 6) is -1.17. The second kappa shape index (κ2) is 8.35. The van der Waals surface area contributed by atoms with E-state index in [4.69, 9.17) is 14.2 Å². The maximum atomic E-state index is 11.7. The van der Waals surface area contributed by atoms with Crippen LogP contribution in [0.25, 0.3) is 0 Å². The van der Waals surface area contributed by atoms with Gasteiger partial charge in [0.05, 0.1) is 25.9 Å². The smallest absolute Gasteiger partial charge is 0.338 e. The summed E-state index contributed by atoms with van der Waals surface area (Å²) >= 11 is 0. The topological polar surface area (TPSA) is 166 Å². The number of ether oxygens (including phenoxy) is 3. The van der Waals surface area contributed by atoms with E-state index in [-0.39, 0.29) is 24.4 Å². The molecule has 0 aromatic rings. The van der Waals surface area contributed by atoms with Crippen molar-refractivity contribution in [3.8, 4) is 0 Å². The third-order valence-corrected chi connectivity index (χ3v) is 7.79. The standard InChI is InChI=1S/C21H32O10/c1-10(8-29-18-17(25)16(24)15(23)13(7-22)31-18)11-2-4-20-6-14(30-9-20)21(28,19(26)27)5-3-12(11)20/h12-18,22-25,28H,2-9H2,1H3,(H,26,27)/b11-10+/t12-,13-,14-,15+,16+,17-,18+,20-,21+/m0/s1. The van der Waals surface area contributed by atoms with Gasteiger partial charge in [0.25, 0.3) is 0 Å². The molecule has 4 aliphatic rings. The molecule has 176 valence electrons. The van der Waals surface area contributed by atoms with Gasteiger partial charge in [-0.25, -0.2) is 4.79 Å². The first-order chi connectivity index (χ1) is 14.6. The van der Waals surface area contributed by atoms with Gasteiger partial charge in [-0.15, -0.1) is 0 Å². The first-order valence-corrected chi connectivity index (χ1v) is 10.8. The van der Waals surface area contributed by atoms with Crippen LogP contribution in [0.1, 0.15) is 39.0 Å². The van der Waals surface area contributed by atoms with Crippen molar-refractivity contribution in [3.05, 3.63) is 11.1 Å². The SMILES string of the molecule is C/C(CO[C@@H]1O[C@@H](CO)[C@@H](O)[C@@H](O)[C@@H]1O)=C1/CC[C@@]23CO[C@@H](C2)[C@@](O)(C(=O)O)CC[C@@H]13. The predicted molar refractivity (Wildman–Crippen MR) is 104 cm³/mol. The van der Waals surface area contributed by atoms with E-state index in [9.17, 15) is 35.4 Å². The molecule has 2 aliphatic carbocycles. The van der Waals surface area contributed by atoms with Crippen molar-refractivity contribution in [1.29, 1.82) is 0 Å². The van der Waals surface area contributed by atoms with E-state index in [2.05, 4.69) is 0 Å². The van der Waals surface area contributed by atoms with Crippen molar-refractivity contribution < 1.29 is 49.6 Å². The molecule has 0 unspecified atom stereocenters. The molecule has 10 nitrogen and oxygen atoms in total. The van der Waals surface area contributed by atoms with Crippen LogP contribution in [0.5, 0.6) is 0 Å². The van der Waals surface area contributed by atoms with Crippen LogP contribution < -0.4 is 0 Å². The van der Waals surface area contributed by atoms with Crippen LogP contribution in [0, 0.1) is 11.3 Å². The van der Waals surface area contributed by atoms with E-state index in [0.717, 1.165) is 24.0 Å². The number of carboxylic acid groups (broad SMARTS) is 1. The first-order valence-electron chi connectivity index (χ1n) is 10.8. The van der Waals surface area contributed by atoms with E-state index >= 15 is 0 Å². The average molecular weight is 444 g/mol. The lowest BCUT2D eigenvalue weighted by Gasteiger charge is -2.39. The Morgan fingerprint density at radius 3 is 2.61 bits per heavy atom. The molecule has 2 saturated heterocycles. The summed E-state index contributed by atoms with van der Waals surface area (Å²) in [7, 11) is 0. The predicted octanol–water partition coefficient (Wildman–Crippen LogP) is -1.09. The van der Waals surface area contributed by atoms with Gasteiger partial charge in [-0.2, -0.15) is 0 Å². The molecule has 2 saturated carbocycles. The number of fused-ring (bicyclic) bond motifs is 1. The number of hydrogen-bond acceptors (Lipinski definition) is 9. The minimum absolute atomic E-state index is 0.0734. The zero-order valence-electron chi connectivity index (χ0n) is 17.5. The van der Waals surface area contributed by atoms with Gasteiger partial charge in [0.15, 0.2) is 11.9 Å². The maximum absolute atomic E-state index is 11.7. The lowest BCUT2D eigenvalue weighted by molar-refractivity contribution is -0.299. The Balaban J connectivity index is 1.48. The maximum Gasteiger partial charge on any atom is 0.338 e. The normalized spacial score (nSPS) is 48.9. The van der Waals surface area contributed by atoms with Crippen molar-refractivity contribution in [2.24, 2.45) is 11.3 Å². The Labute approximate surface area is 180 Å². The van der Waals surface area contributed by atoms with Gasteiger partial charge in [0.1, 0.15) is 24.4 Å². The van der Waals surface area contributed by atoms with Crippen molar-refractivity contribution in [3.63, 3.8) is 0 Å². The van der Waals surface area contributed by atoms with Crippen LogP contribution in [-0.2, 0) is 19.0 Å². The van der Waals surface area contributed by atoms with Gasteiger partial charge in [0.2, 0.25) is 0 Å². The van der Waals surface area contributed by atoms with E-state index in [1.54, 1.807) is 0 Å². The summed E-state index contributed by atoms with van der Waals surface area (Å²) in [5, 5.41) is 59.6. The molecule has 6 N–H and O–H groups in total. The molecule has 9 atom stereocenters. The van der Waals surface area contributed by atoms with E-state index in [0.29, 0.717) is 19.4 Å². The van der Waals surface area contributed by atoms with E-state index < -0.39 is 55.0 Å². The highest BCUT2D eigenvalue weighted by molar-refractivity contribution is 5.78. The van der Waals surface area contributed by atoms with Crippen LogP contribution in [0.15, 0.2) is 11.1 Å². The number of carbonyl (C=O) groups is 1. The summed E-state index contributed by atoms with van der Waals surface area (Å²) < 4.78 is 16.9. The van der Waals surface area contributed by atoms with Gasteiger partial charge in [0, 0.05) is 5.41 Å². The highest BCUT2D eigenvalue weighted by atomic mass is 16.7. The molecule has 0 aromatic carbocycles. The van der Waals surface area contributed by atoms with Crippen molar-refractivity contribution >= 4 is 5.97 Å². The highest BCUT2D eigenvalue weighted by Crippen LogP contribution is 2.59. The summed E-state index contributed by atoms with van der Waals surface area (Å²) in [6.45, 7) is 1.91. The Morgan fingerprint density at radius 2 is 1.94 bits per heavy atom. The van der Waals surface area contributed by atoms with Crippen LogP contribution in [0.4, 0.5) is 0 Å². The number of aliphatic carboxylic acids is 1. The van der Waals surface area contributed by atoms with Gasteiger partial charge < -0.3 is 44.8 Å². The molecular weight excluding hydrogens is 412 g/mol. The zero-order valence-corrected chi connectivity index (χ0v) is 17.5. The Hall–Kier alpha value is -1.11. The Bertz CT molecular complexity index is 738. The number of aliphatic hydroxyl groups is 5. The molecule has 2 heterocycles. The molecular formula is C21H32O10. The monoisotopic (exact) mass is 444 g/mol. The summed E-state index contributed by atoms with van der Waals surface area (Å²) in [4.78, 5) is 11.7. The third-order valence-electron chi connectivity index (χ3n) is 7.79. The van der Waals surface area contributed by atoms with Crippen molar-refractivity contribution in [2.75, 3.05) is 19.8 Å². The quantitative estimate of drug-likeness (QED) is 0.287. The number of carboxylic acids is 1. The van der Waals surface area contributed by atoms with Crippen molar-refractivity contribution in [1.82, 2.24) is 0 Å². The molecule has 0 amide bonds. The van der Waals surface area contributed by atoms with Crippen LogP contribution in [-0.4, -0.2) is 98.8 Å². The summed E-state index contributed by atoms with van der Waals surface area (Å²) in [5.41, 5.74) is -0.00386. The lowest BCUT2D eigenvalue weighted by atomic mass is 9.74. The molecule has 4 fully saturated rings. The van der Waals surface area contributed by atoms with Gasteiger partial charge in [-0.3, -0.25) is 0 Å². The van der Waals surface area contributed by atoms with Gasteiger partial charge >= 0.3 is 5.97 Å². The third kappa shape index (κ3) is 3.72. The zero-order chi connectivity index (χ0) is 22.6. The molecule has 2 aliphatic heterocycles. The fraction of sp³-hybridized carbons (Fsp3) is 0.857. The molecule has 31 heavy (non-hydrogen) atoms. The first kappa shape index (κ1) is 23.1. The minimum Gasteiger partial charge on any atom is -0.479 e. The number of allylic oxidation sites excluding steroid dienone is 1. The summed E-state index contributed by atoms with van der Waals surface area (Å²) in [6.07, 6.45) is -4.53. The molecule has 4 rings (SSSR count). The Kier molecular flexibility index (Phi) is 6.21. The van der Waals surface area contributed by atoms with Gasteiger partial charge in [-0.05, 0) is 50.5 Å². The highest BCUT2D eigenvalue weighted by Gasteiger charge is 2.60. The fourth-order valence-electron chi connectivity index (χ4n) is 5.85. The number of hydrogen-bond donors (Lipinski definition) is 6. The minimum atomic E-state index is -1.88. The van der Waals surface area contributed by atoms with Crippen molar-refractivity contribution in [2.45, 2.75) is 81.4 Å². The molecule has 2 bridgehead atoms. The molecule has 0 radical (unpaired) electrons. The van der Waals surface area contributed by atoms with Crippen LogP contribution in [0.2, 0.25) is 0 Å². The Morgan fingerprint density at radius 1 is 1.19 bits per heavy atom. The average Bonchev–Trinajstić information content (AvgIpc) is 3.30. The molecule has 0 aromatic heterocycles. The van der Waals surface area contributed by atoms with Crippen LogP contribution >= 0.6 is 0 Å². The van der Waals surface area contributed by atoms with E-state index in [1.165, 1.54) is 0 Å². The lowest BCUT2D eigenvalue weighted by Crippen LogP contribution is -2.59. The summed E-state index contributed by atoms with van der Waals surface area (Å²) in [6, 6.07) is 0. The number of rotatable bonds is 5. The molecule has 1 spiro atoms. The fourth-order valence-corrected chi connectivity index (χ4v) is 5.85. The second-order valence-corrected chi connectivity index (χ2v) is 9.50. The largest absolute Gasteiger partial charge is 0.479 e. The van der Waals surface area contributed by atoms with E-state index in [1.807, 2.05) is 6.92 Å². The molecule has 10 heteroatoms. The number of aliphatic hydroxyl groups excluding tert-OH is 4. The van der Waals surface area contributed by atoms with Crippen LogP contribution in [0.3, 0.4) is 0 Å².